The molecule has 6 heteroatoms. The summed E-state index contributed by atoms with van der Waals surface area (Å²) in [7, 11) is 3.12. The average Bonchev–Trinajstić information content (AvgIpc) is 3.22. The highest BCUT2D eigenvalue weighted by Crippen LogP contribution is 2.52. The molecule has 0 amide bonds. The first-order valence-corrected chi connectivity index (χ1v) is 10.0. The number of rotatable bonds is 5. The molecule has 2 heterocycles. The van der Waals surface area contributed by atoms with Crippen LogP contribution in [-0.4, -0.2) is 53.8 Å². The molecule has 2 saturated carbocycles. The summed E-state index contributed by atoms with van der Waals surface area (Å²) >= 11 is 0. The van der Waals surface area contributed by atoms with Crippen LogP contribution in [0, 0.1) is 17.8 Å². The number of hydrogen-bond acceptors (Lipinski definition) is 6. The molecule has 3 fully saturated rings. The van der Waals surface area contributed by atoms with Crippen molar-refractivity contribution >= 4 is 0 Å². The molecule has 144 valence electrons. The van der Waals surface area contributed by atoms with Crippen molar-refractivity contribution in [2.45, 2.75) is 50.5 Å². The van der Waals surface area contributed by atoms with Crippen molar-refractivity contribution in [2.75, 3.05) is 33.9 Å². The fourth-order valence-corrected chi connectivity index (χ4v) is 5.51. The summed E-state index contributed by atoms with van der Waals surface area (Å²) in [5.74, 6) is 2.06. The third-order valence-corrected chi connectivity index (χ3v) is 6.84. The maximum absolute atomic E-state index is 11.6. The summed E-state index contributed by atoms with van der Waals surface area (Å²) in [6, 6.07) is 0.272. The van der Waals surface area contributed by atoms with Crippen LogP contribution in [0.3, 0.4) is 0 Å². The molecule has 1 aromatic heterocycles. The molecule has 0 radical (unpaired) electrons. The first-order chi connectivity index (χ1) is 12.6. The number of fused-ring (bicyclic) bond motifs is 1. The minimum absolute atomic E-state index is 0.233. The molecule has 1 aliphatic heterocycles. The van der Waals surface area contributed by atoms with Crippen LogP contribution in [0.4, 0.5) is 0 Å². The van der Waals surface area contributed by atoms with Gasteiger partial charge in [-0.2, -0.15) is 4.98 Å². The van der Waals surface area contributed by atoms with Crippen LogP contribution in [0.1, 0.15) is 50.5 Å². The lowest BCUT2D eigenvalue weighted by Crippen LogP contribution is -2.36. The Morgan fingerprint density at radius 1 is 1.15 bits per heavy atom. The lowest BCUT2D eigenvalue weighted by molar-refractivity contribution is -0.0101. The molecule has 0 aromatic carbocycles. The van der Waals surface area contributed by atoms with Gasteiger partial charge in [0, 0.05) is 31.7 Å². The van der Waals surface area contributed by atoms with Crippen molar-refractivity contribution in [3.63, 3.8) is 0 Å². The molecule has 1 aromatic rings. The zero-order valence-corrected chi connectivity index (χ0v) is 16.0. The maximum Gasteiger partial charge on any atom is 0.319 e. The molecule has 6 nitrogen and oxygen atoms in total. The number of ether oxygens (including phenoxy) is 2. The molecule has 1 saturated heterocycles. The topological polar surface area (TPSA) is 67.7 Å². The van der Waals surface area contributed by atoms with Crippen LogP contribution < -0.4 is 9.47 Å². The lowest BCUT2D eigenvalue weighted by Gasteiger charge is -2.32. The standard InChI is InChI=1S/C20H31N3O3/c1-25-18-16(10-21-19(22-18)26-2)20(24)9-8-15-12-23(13-17(15)20)11-14-6-4-3-5-7-14/h10,14-15,17,24H,3-9,11-13H2,1-2H3/t15-,17+,20+/m0/s1. The van der Waals surface area contributed by atoms with Gasteiger partial charge in [-0.1, -0.05) is 19.3 Å². The molecule has 0 spiro atoms. The predicted molar refractivity (Wildman–Crippen MR) is 98.3 cm³/mol. The van der Waals surface area contributed by atoms with Gasteiger partial charge in [0.2, 0.25) is 5.88 Å². The SMILES string of the molecule is COc1ncc([C@]2(O)CC[C@H]3CN(CC4CCCCC4)C[C@H]32)c(OC)n1. The Morgan fingerprint density at radius 2 is 1.96 bits per heavy atom. The second-order valence-electron chi connectivity index (χ2n) is 8.33. The first kappa shape index (κ1) is 18.0. The number of aliphatic hydroxyl groups is 1. The van der Waals surface area contributed by atoms with Gasteiger partial charge in [0.25, 0.3) is 0 Å². The Labute approximate surface area is 155 Å². The number of aromatic nitrogens is 2. The molecular weight excluding hydrogens is 330 g/mol. The summed E-state index contributed by atoms with van der Waals surface area (Å²) in [6.07, 6.45) is 10.4. The van der Waals surface area contributed by atoms with E-state index >= 15 is 0 Å². The molecule has 3 atom stereocenters. The fourth-order valence-electron chi connectivity index (χ4n) is 5.51. The highest BCUT2D eigenvalue weighted by atomic mass is 16.5. The molecule has 3 aliphatic rings. The van der Waals surface area contributed by atoms with Gasteiger partial charge in [0.15, 0.2) is 0 Å². The second-order valence-corrected chi connectivity index (χ2v) is 8.33. The van der Waals surface area contributed by atoms with E-state index < -0.39 is 5.60 Å². The van der Waals surface area contributed by atoms with Crippen molar-refractivity contribution in [1.29, 1.82) is 0 Å². The van der Waals surface area contributed by atoms with Crippen molar-refractivity contribution in [3.8, 4) is 11.9 Å². The summed E-state index contributed by atoms with van der Waals surface area (Å²) in [6.45, 7) is 3.27. The van der Waals surface area contributed by atoms with Crippen molar-refractivity contribution in [1.82, 2.24) is 14.9 Å². The van der Waals surface area contributed by atoms with E-state index in [-0.39, 0.29) is 11.9 Å². The van der Waals surface area contributed by atoms with E-state index in [0.717, 1.165) is 31.8 Å². The predicted octanol–water partition coefficient (Wildman–Crippen LogP) is 2.60. The van der Waals surface area contributed by atoms with E-state index in [9.17, 15) is 5.11 Å². The van der Waals surface area contributed by atoms with E-state index in [1.807, 2.05) is 0 Å². The van der Waals surface area contributed by atoms with Crippen molar-refractivity contribution in [3.05, 3.63) is 11.8 Å². The zero-order valence-electron chi connectivity index (χ0n) is 16.0. The molecule has 0 unspecified atom stereocenters. The Hall–Kier alpha value is -1.40. The largest absolute Gasteiger partial charge is 0.481 e. The third kappa shape index (κ3) is 3.18. The zero-order chi connectivity index (χ0) is 18.1. The second kappa shape index (κ2) is 7.31. The number of nitrogens with zero attached hydrogens (tertiary/aromatic N) is 3. The van der Waals surface area contributed by atoms with Crippen LogP contribution in [0.25, 0.3) is 0 Å². The Morgan fingerprint density at radius 3 is 2.69 bits per heavy atom. The van der Waals surface area contributed by atoms with E-state index in [4.69, 9.17) is 9.47 Å². The van der Waals surface area contributed by atoms with E-state index in [0.29, 0.717) is 17.4 Å². The van der Waals surface area contributed by atoms with Gasteiger partial charge in [-0.3, -0.25) is 0 Å². The highest BCUT2D eigenvalue weighted by Gasteiger charge is 2.54. The van der Waals surface area contributed by atoms with E-state index in [2.05, 4.69) is 14.9 Å². The maximum atomic E-state index is 11.6. The van der Waals surface area contributed by atoms with Gasteiger partial charge in [0.1, 0.15) is 5.60 Å². The third-order valence-electron chi connectivity index (χ3n) is 6.84. The van der Waals surface area contributed by atoms with Gasteiger partial charge >= 0.3 is 6.01 Å². The Bertz CT molecular complexity index is 635. The number of methoxy groups -OCH3 is 2. The van der Waals surface area contributed by atoms with E-state index in [1.54, 1.807) is 13.3 Å². The number of likely N-dealkylation sites (tertiary alicyclic amines) is 1. The Balaban J connectivity index is 1.51. The van der Waals surface area contributed by atoms with Gasteiger partial charge in [0.05, 0.1) is 19.8 Å². The van der Waals surface area contributed by atoms with Crippen LogP contribution in [0.5, 0.6) is 11.9 Å². The van der Waals surface area contributed by atoms with Gasteiger partial charge in [-0.05, 0) is 37.5 Å². The molecule has 4 rings (SSSR count). The van der Waals surface area contributed by atoms with Crippen molar-refractivity contribution in [2.24, 2.45) is 17.8 Å². The number of hydrogen-bond donors (Lipinski definition) is 1. The first-order valence-electron chi connectivity index (χ1n) is 10.0. The summed E-state index contributed by atoms with van der Waals surface area (Å²) in [4.78, 5) is 11.1. The normalized spacial score (nSPS) is 32.6. The molecule has 1 N–H and O–H groups in total. The quantitative estimate of drug-likeness (QED) is 0.869. The Kier molecular flexibility index (Phi) is 5.06. The van der Waals surface area contributed by atoms with Gasteiger partial charge in [-0.25, -0.2) is 4.98 Å². The van der Waals surface area contributed by atoms with Crippen LogP contribution in [-0.2, 0) is 5.60 Å². The van der Waals surface area contributed by atoms with E-state index in [1.165, 1.54) is 45.8 Å². The molecule has 2 aliphatic carbocycles. The highest BCUT2D eigenvalue weighted by molar-refractivity contribution is 5.34. The van der Waals surface area contributed by atoms with Gasteiger partial charge in [-0.15, -0.1) is 0 Å². The monoisotopic (exact) mass is 361 g/mol. The summed E-state index contributed by atoms with van der Waals surface area (Å²) in [5.41, 5.74) is -0.184. The smallest absolute Gasteiger partial charge is 0.319 e. The van der Waals surface area contributed by atoms with Crippen LogP contribution in [0.15, 0.2) is 6.20 Å². The molecule has 0 bridgehead atoms. The summed E-state index contributed by atoms with van der Waals surface area (Å²) < 4.78 is 10.6. The minimum Gasteiger partial charge on any atom is -0.481 e. The van der Waals surface area contributed by atoms with Crippen LogP contribution >= 0.6 is 0 Å². The average molecular weight is 361 g/mol. The fraction of sp³-hybridized carbons (Fsp3) is 0.800. The molecule has 26 heavy (non-hydrogen) atoms. The lowest BCUT2D eigenvalue weighted by atomic mass is 9.83. The van der Waals surface area contributed by atoms with Crippen LogP contribution in [0.2, 0.25) is 0 Å². The summed E-state index contributed by atoms with van der Waals surface area (Å²) in [5, 5.41) is 11.6. The minimum atomic E-state index is -0.899. The van der Waals surface area contributed by atoms with Crippen molar-refractivity contribution < 1.29 is 14.6 Å². The molecular formula is C20H31N3O3. The van der Waals surface area contributed by atoms with Gasteiger partial charge < -0.3 is 19.5 Å².